The lowest BCUT2D eigenvalue weighted by Gasteiger charge is -2.04. The second kappa shape index (κ2) is 4.58. The Kier molecular flexibility index (Phi) is 3.69. The Labute approximate surface area is 89.6 Å². The van der Waals surface area contributed by atoms with Crippen molar-refractivity contribution in [3.8, 4) is 0 Å². The molecule has 0 fully saturated rings. The first kappa shape index (κ1) is 10.5. The van der Waals surface area contributed by atoms with Crippen LogP contribution in [0.2, 0.25) is 0 Å². The normalized spacial score (nSPS) is 9.77. The van der Waals surface area contributed by atoms with Gasteiger partial charge >= 0.3 is 0 Å². The zero-order valence-corrected chi connectivity index (χ0v) is 9.32. The maximum Gasteiger partial charge on any atom is 0.222 e. The highest BCUT2D eigenvalue weighted by Gasteiger charge is 2.02. The number of carbonyl (C=O) groups is 1. The molecule has 0 aliphatic heterocycles. The van der Waals surface area contributed by atoms with E-state index in [1.165, 1.54) is 6.92 Å². The minimum Gasteiger partial charge on any atom is -0.311 e. The molecule has 5 heteroatoms. The molecule has 0 saturated carbocycles. The monoisotopic (exact) mass is 262 g/mol. The number of aromatic nitrogens is 1. The standard InChI is InChI=1S/C8H8BrClN2O/c1-5(13)12-8-2-6(3-10)7(9)4-11-8/h2,4H,3H2,1H3,(H,11,12,13). The molecule has 0 radical (unpaired) electrons. The molecule has 0 spiro atoms. The van der Waals surface area contributed by atoms with Crippen LogP contribution in [0, 0.1) is 0 Å². The summed E-state index contributed by atoms with van der Waals surface area (Å²) < 4.78 is 0.844. The predicted molar refractivity (Wildman–Crippen MR) is 55.8 cm³/mol. The zero-order valence-electron chi connectivity index (χ0n) is 6.97. The number of carbonyl (C=O) groups excluding carboxylic acids is 1. The molecule has 1 rings (SSSR count). The van der Waals surface area contributed by atoms with Crippen LogP contribution in [0.5, 0.6) is 0 Å². The number of hydrogen-bond acceptors (Lipinski definition) is 2. The van der Waals surface area contributed by atoms with E-state index in [1.807, 2.05) is 0 Å². The molecule has 0 unspecified atom stereocenters. The van der Waals surface area contributed by atoms with Crippen LogP contribution in [-0.2, 0) is 10.7 Å². The van der Waals surface area contributed by atoms with Gasteiger partial charge in [-0.25, -0.2) is 4.98 Å². The van der Waals surface area contributed by atoms with E-state index in [9.17, 15) is 4.79 Å². The van der Waals surface area contributed by atoms with E-state index in [1.54, 1.807) is 12.3 Å². The van der Waals surface area contributed by atoms with Crippen LogP contribution < -0.4 is 5.32 Å². The summed E-state index contributed by atoms with van der Waals surface area (Å²) in [4.78, 5) is 14.7. The van der Waals surface area contributed by atoms with Crippen LogP contribution in [0.25, 0.3) is 0 Å². The molecule has 1 aromatic heterocycles. The average Bonchev–Trinajstić information content (AvgIpc) is 2.07. The summed E-state index contributed by atoms with van der Waals surface area (Å²) in [6.45, 7) is 1.43. The van der Waals surface area contributed by atoms with Crippen molar-refractivity contribution in [2.45, 2.75) is 12.8 Å². The van der Waals surface area contributed by atoms with Crippen molar-refractivity contribution in [2.75, 3.05) is 5.32 Å². The first-order chi connectivity index (χ1) is 6.13. The maximum atomic E-state index is 10.7. The summed E-state index contributed by atoms with van der Waals surface area (Å²) in [7, 11) is 0. The lowest BCUT2D eigenvalue weighted by Crippen LogP contribution is -2.07. The Balaban J connectivity index is 2.92. The van der Waals surface area contributed by atoms with Crippen molar-refractivity contribution in [3.05, 3.63) is 22.3 Å². The molecule has 0 aliphatic rings. The topological polar surface area (TPSA) is 42.0 Å². The summed E-state index contributed by atoms with van der Waals surface area (Å²) in [5.74, 6) is 0.761. The van der Waals surface area contributed by atoms with Crippen LogP contribution in [-0.4, -0.2) is 10.9 Å². The zero-order chi connectivity index (χ0) is 9.84. The largest absolute Gasteiger partial charge is 0.311 e. The van der Waals surface area contributed by atoms with E-state index in [0.717, 1.165) is 10.0 Å². The minimum absolute atomic E-state index is 0.143. The second-order valence-electron chi connectivity index (χ2n) is 2.48. The fourth-order valence-corrected chi connectivity index (χ4v) is 1.57. The van der Waals surface area contributed by atoms with Gasteiger partial charge in [-0.3, -0.25) is 4.79 Å². The Bertz CT molecular complexity index is 330. The van der Waals surface area contributed by atoms with Gasteiger partial charge in [0, 0.05) is 23.5 Å². The van der Waals surface area contributed by atoms with Gasteiger partial charge in [0.05, 0.1) is 0 Å². The lowest BCUT2D eigenvalue weighted by atomic mass is 10.3. The third kappa shape index (κ3) is 2.97. The Hall–Kier alpha value is -0.610. The highest BCUT2D eigenvalue weighted by Crippen LogP contribution is 2.20. The van der Waals surface area contributed by atoms with Gasteiger partial charge in [0.2, 0.25) is 5.91 Å². The molecule has 0 saturated heterocycles. The molecular formula is C8H8BrClN2O. The fraction of sp³-hybridized carbons (Fsp3) is 0.250. The number of halogens is 2. The van der Waals surface area contributed by atoms with Gasteiger partial charge in [0.25, 0.3) is 0 Å². The molecule has 0 aliphatic carbocycles. The molecule has 0 aromatic carbocycles. The van der Waals surface area contributed by atoms with Gasteiger partial charge in [-0.05, 0) is 27.6 Å². The van der Waals surface area contributed by atoms with Crippen LogP contribution in [0.1, 0.15) is 12.5 Å². The quantitative estimate of drug-likeness (QED) is 0.833. The molecule has 1 aromatic rings. The van der Waals surface area contributed by atoms with Crippen molar-refractivity contribution in [1.82, 2.24) is 4.98 Å². The van der Waals surface area contributed by atoms with E-state index in [2.05, 4.69) is 26.2 Å². The van der Waals surface area contributed by atoms with Crippen molar-refractivity contribution in [3.63, 3.8) is 0 Å². The first-order valence-corrected chi connectivity index (χ1v) is 4.94. The molecule has 0 bridgehead atoms. The number of rotatable bonds is 2. The second-order valence-corrected chi connectivity index (χ2v) is 3.60. The molecule has 0 atom stereocenters. The Morgan fingerprint density at radius 3 is 3.00 bits per heavy atom. The SMILES string of the molecule is CC(=O)Nc1cc(CCl)c(Br)cn1. The third-order valence-corrected chi connectivity index (χ3v) is 2.38. The van der Waals surface area contributed by atoms with Crippen molar-refractivity contribution in [1.29, 1.82) is 0 Å². The van der Waals surface area contributed by atoms with E-state index < -0.39 is 0 Å². The number of nitrogens with zero attached hydrogens (tertiary/aromatic N) is 1. The summed E-state index contributed by atoms with van der Waals surface area (Å²) in [5.41, 5.74) is 0.903. The molecule has 1 N–H and O–H groups in total. The highest BCUT2D eigenvalue weighted by atomic mass is 79.9. The van der Waals surface area contributed by atoms with Crippen LogP contribution in [0.3, 0.4) is 0 Å². The van der Waals surface area contributed by atoms with Gasteiger partial charge in [-0.15, -0.1) is 11.6 Å². The van der Waals surface area contributed by atoms with Crippen molar-refractivity contribution < 1.29 is 4.79 Å². The molecule has 1 amide bonds. The molecule has 13 heavy (non-hydrogen) atoms. The predicted octanol–water partition coefficient (Wildman–Crippen LogP) is 2.54. The number of alkyl halides is 1. The highest BCUT2D eigenvalue weighted by molar-refractivity contribution is 9.10. The van der Waals surface area contributed by atoms with Gasteiger partial charge in [0.1, 0.15) is 5.82 Å². The number of nitrogens with one attached hydrogen (secondary N) is 1. The van der Waals surface area contributed by atoms with Crippen molar-refractivity contribution in [2.24, 2.45) is 0 Å². The minimum atomic E-state index is -0.143. The number of hydrogen-bond donors (Lipinski definition) is 1. The van der Waals surface area contributed by atoms with E-state index in [4.69, 9.17) is 11.6 Å². The Morgan fingerprint density at radius 1 is 1.77 bits per heavy atom. The smallest absolute Gasteiger partial charge is 0.222 e. The van der Waals surface area contributed by atoms with Crippen LogP contribution in [0.15, 0.2) is 16.7 Å². The first-order valence-electron chi connectivity index (χ1n) is 3.61. The van der Waals surface area contributed by atoms with Gasteiger partial charge < -0.3 is 5.32 Å². The summed E-state index contributed by atoms with van der Waals surface area (Å²) >= 11 is 8.97. The third-order valence-electron chi connectivity index (χ3n) is 1.38. The lowest BCUT2D eigenvalue weighted by molar-refractivity contribution is -0.114. The van der Waals surface area contributed by atoms with Gasteiger partial charge in [-0.2, -0.15) is 0 Å². The maximum absolute atomic E-state index is 10.7. The molecular weight excluding hydrogens is 255 g/mol. The number of amides is 1. The van der Waals surface area contributed by atoms with Gasteiger partial charge in [0.15, 0.2) is 0 Å². The van der Waals surface area contributed by atoms with E-state index in [0.29, 0.717) is 11.7 Å². The summed E-state index contributed by atoms with van der Waals surface area (Å²) in [6, 6.07) is 1.73. The average molecular weight is 264 g/mol. The summed E-state index contributed by atoms with van der Waals surface area (Å²) in [6.07, 6.45) is 1.61. The van der Waals surface area contributed by atoms with E-state index >= 15 is 0 Å². The number of pyridine rings is 1. The van der Waals surface area contributed by atoms with Gasteiger partial charge in [-0.1, -0.05) is 0 Å². The van der Waals surface area contributed by atoms with Crippen molar-refractivity contribution >= 4 is 39.3 Å². The van der Waals surface area contributed by atoms with Crippen LogP contribution in [0.4, 0.5) is 5.82 Å². The fourth-order valence-electron chi connectivity index (χ4n) is 0.831. The molecule has 3 nitrogen and oxygen atoms in total. The van der Waals surface area contributed by atoms with Crippen LogP contribution >= 0.6 is 27.5 Å². The number of anilines is 1. The molecule has 70 valence electrons. The molecule has 1 heterocycles. The van der Waals surface area contributed by atoms with E-state index in [-0.39, 0.29) is 5.91 Å². The summed E-state index contributed by atoms with van der Waals surface area (Å²) in [5, 5.41) is 2.58. The Morgan fingerprint density at radius 2 is 2.46 bits per heavy atom.